The van der Waals surface area contributed by atoms with Gasteiger partial charge in [0, 0.05) is 20.1 Å². The van der Waals surface area contributed by atoms with E-state index < -0.39 is 0 Å². The van der Waals surface area contributed by atoms with Gasteiger partial charge in [-0.15, -0.1) is 6.42 Å². The van der Waals surface area contributed by atoms with E-state index in [0.29, 0.717) is 24.8 Å². The number of nitrogens with zero attached hydrogens (tertiary/aromatic N) is 1. The van der Waals surface area contributed by atoms with Gasteiger partial charge in [-0.2, -0.15) is 0 Å². The van der Waals surface area contributed by atoms with E-state index in [9.17, 15) is 4.79 Å². The van der Waals surface area contributed by atoms with Gasteiger partial charge in [-0.1, -0.05) is 12.0 Å². The van der Waals surface area contributed by atoms with E-state index in [1.54, 1.807) is 11.9 Å². The van der Waals surface area contributed by atoms with Crippen LogP contribution in [0, 0.1) is 12.3 Å². The molecule has 1 aliphatic carbocycles. The second kappa shape index (κ2) is 7.14. The Balaban J connectivity index is 2.06. The maximum absolute atomic E-state index is 11.8. The highest BCUT2D eigenvalue weighted by atomic mass is 16.6. The van der Waals surface area contributed by atoms with Crippen LogP contribution in [-0.4, -0.2) is 37.7 Å². The lowest BCUT2D eigenvalue weighted by Crippen LogP contribution is -2.29. The fraction of sp³-hybridized carbons (Fsp3) is 0.471. The molecule has 1 atom stereocenters. The number of carbonyl (C=O) groups is 1. The van der Waals surface area contributed by atoms with E-state index >= 15 is 0 Å². The summed E-state index contributed by atoms with van der Waals surface area (Å²) in [5.74, 6) is 3.64. The van der Waals surface area contributed by atoms with Crippen LogP contribution in [0.2, 0.25) is 0 Å². The number of rotatable bonds is 5. The van der Waals surface area contributed by atoms with E-state index in [4.69, 9.17) is 11.2 Å². The number of hydrogen-bond donors (Lipinski definition) is 1. The van der Waals surface area contributed by atoms with E-state index in [1.165, 1.54) is 11.1 Å². The largest absolute Gasteiger partial charge is 0.414 e. The molecule has 0 spiro atoms. The van der Waals surface area contributed by atoms with Crippen molar-refractivity contribution in [2.24, 2.45) is 0 Å². The molecule has 21 heavy (non-hydrogen) atoms. The molecule has 1 N–H and O–H groups in total. The van der Waals surface area contributed by atoms with Crippen LogP contribution in [0.25, 0.3) is 0 Å². The lowest BCUT2D eigenvalue weighted by atomic mass is 10.0. The predicted molar refractivity (Wildman–Crippen MR) is 83.5 cm³/mol. The van der Waals surface area contributed by atoms with Crippen LogP contribution in [0.3, 0.4) is 0 Å². The molecule has 0 fully saturated rings. The number of nitrogens with one attached hydrogen (secondary N) is 1. The average molecular weight is 286 g/mol. The summed E-state index contributed by atoms with van der Waals surface area (Å²) in [6, 6.07) is 5.93. The van der Waals surface area contributed by atoms with Crippen LogP contribution in [-0.2, 0) is 6.42 Å². The van der Waals surface area contributed by atoms with Gasteiger partial charge in [-0.25, -0.2) is 4.79 Å². The van der Waals surface area contributed by atoms with Crippen LogP contribution in [0.5, 0.6) is 5.75 Å². The first-order valence-electron chi connectivity index (χ1n) is 7.35. The van der Waals surface area contributed by atoms with Crippen molar-refractivity contribution in [2.75, 3.05) is 26.7 Å². The van der Waals surface area contributed by atoms with E-state index in [2.05, 4.69) is 17.3 Å². The molecule has 0 radical (unpaired) electrons. The van der Waals surface area contributed by atoms with Crippen LogP contribution in [0.15, 0.2) is 18.2 Å². The molecule has 4 heteroatoms. The molecule has 0 bridgehead atoms. The van der Waals surface area contributed by atoms with Crippen molar-refractivity contribution in [3.05, 3.63) is 29.3 Å². The summed E-state index contributed by atoms with van der Waals surface area (Å²) in [7, 11) is 1.72. The normalized spacial score (nSPS) is 16.1. The van der Waals surface area contributed by atoms with Crippen LogP contribution in [0.4, 0.5) is 4.79 Å². The molecule has 2 rings (SSSR count). The first kappa shape index (κ1) is 15.4. The smallest absolute Gasteiger partial charge is 0.410 e. The summed E-state index contributed by atoms with van der Waals surface area (Å²) in [4.78, 5) is 13.3. The molecule has 1 amide bonds. The summed E-state index contributed by atoms with van der Waals surface area (Å²) in [6.07, 6.45) is 7.11. The Morgan fingerprint density at radius 1 is 1.57 bits per heavy atom. The first-order valence-corrected chi connectivity index (χ1v) is 7.35. The Bertz CT molecular complexity index is 548. The van der Waals surface area contributed by atoms with Crippen molar-refractivity contribution >= 4 is 6.09 Å². The summed E-state index contributed by atoms with van der Waals surface area (Å²) in [5.41, 5.74) is 2.61. The third-order valence-corrected chi connectivity index (χ3v) is 3.93. The Morgan fingerprint density at radius 2 is 2.38 bits per heavy atom. The Hall–Kier alpha value is -1.99. The van der Waals surface area contributed by atoms with Crippen molar-refractivity contribution in [2.45, 2.75) is 25.7 Å². The number of fused-ring (bicyclic) bond motifs is 1. The lowest BCUT2D eigenvalue weighted by Gasteiger charge is -2.16. The summed E-state index contributed by atoms with van der Waals surface area (Å²) in [5, 5.41) is 3.25. The Morgan fingerprint density at radius 3 is 3.10 bits per heavy atom. The maximum atomic E-state index is 11.8. The second-order valence-electron chi connectivity index (χ2n) is 5.31. The summed E-state index contributed by atoms with van der Waals surface area (Å²) < 4.78 is 5.40. The van der Waals surface area contributed by atoms with Gasteiger partial charge >= 0.3 is 6.09 Å². The Kier molecular flexibility index (Phi) is 5.24. The molecular formula is C17H22N2O2. The number of amides is 1. The molecule has 0 unspecified atom stereocenters. The number of aryl methyl sites for hydroxylation is 1. The van der Waals surface area contributed by atoms with Crippen molar-refractivity contribution in [1.29, 1.82) is 0 Å². The molecule has 1 aromatic carbocycles. The molecule has 112 valence electrons. The fourth-order valence-corrected chi connectivity index (χ4v) is 2.57. The fourth-order valence-electron chi connectivity index (χ4n) is 2.57. The molecule has 0 saturated carbocycles. The highest BCUT2D eigenvalue weighted by Gasteiger charge is 2.23. The van der Waals surface area contributed by atoms with Gasteiger partial charge in [-0.3, -0.25) is 0 Å². The van der Waals surface area contributed by atoms with Gasteiger partial charge in [0.15, 0.2) is 0 Å². The minimum absolute atomic E-state index is 0.322. The molecule has 0 aliphatic heterocycles. The SMILES string of the molecule is C#CCNC[C@@H]1CCc2ccc(OC(=O)N(C)CC)cc21. The van der Waals surface area contributed by atoms with E-state index in [1.807, 2.05) is 19.1 Å². The zero-order chi connectivity index (χ0) is 15.2. The molecule has 1 aliphatic rings. The third-order valence-electron chi connectivity index (χ3n) is 3.93. The average Bonchev–Trinajstić information content (AvgIpc) is 2.89. The molecule has 1 aromatic rings. The van der Waals surface area contributed by atoms with E-state index in [0.717, 1.165) is 19.4 Å². The zero-order valence-electron chi connectivity index (χ0n) is 12.7. The molecule has 0 aromatic heterocycles. The summed E-state index contributed by atoms with van der Waals surface area (Å²) in [6.45, 7) is 3.99. The minimum atomic E-state index is -0.322. The number of carbonyl (C=O) groups excluding carboxylic acids is 1. The monoisotopic (exact) mass is 286 g/mol. The van der Waals surface area contributed by atoms with Crippen molar-refractivity contribution in [3.63, 3.8) is 0 Å². The highest BCUT2D eigenvalue weighted by Crippen LogP contribution is 2.35. The second-order valence-corrected chi connectivity index (χ2v) is 5.31. The maximum Gasteiger partial charge on any atom is 0.414 e. The zero-order valence-corrected chi connectivity index (χ0v) is 12.7. The quantitative estimate of drug-likeness (QED) is 0.667. The molecule has 4 nitrogen and oxygen atoms in total. The van der Waals surface area contributed by atoms with Crippen molar-refractivity contribution in [1.82, 2.24) is 10.2 Å². The van der Waals surface area contributed by atoms with Gasteiger partial charge in [0.1, 0.15) is 5.75 Å². The standard InChI is InChI=1S/C17H22N2O2/c1-4-10-18-12-14-7-6-13-8-9-15(11-16(13)14)21-17(20)19(3)5-2/h1,8-9,11,14,18H,5-7,10,12H2,2-3H3/t14-/m0/s1. The number of terminal acetylenes is 1. The van der Waals surface area contributed by atoms with Gasteiger partial charge in [0.25, 0.3) is 0 Å². The van der Waals surface area contributed by atoms with Gasteiger partial charge < -0.3 is 15.0 Å². The van der Waals surface area contributed by atoms with Crippen LogP contribution >= 0.6 is 0 Å². The number of benzene rings is 1. The predicted octanol–water partition coefficient (Wildman–Crippen LogP) is 2.39. The number of ether oxygens (including phenoxy) is 1. The highest BCUT2D eigenvalue weighted by molar-refractivity contribution is 5.70. The minimum Gasteiger partial charge on any atom is -0.410 e. The van der Waals surface area contributed by atoms with Gasteiger partial charge in [0.2, 0.25) is 0 Å². The van der Waals surface area contributed by atoms with E-state index in [-0.39, 0.29) is 6.09 Å². The van der Waals surface area contributed by atoms with Gasteiger partial charge in [-0.05, 0) is 48.9 Å². The molecular weight excluding hydrogens is 264 g/mol. The van der Waals surface area contributed by atoms with Crippen LogP contribution < -0.4 is 10.1 Å². The molecule has 0 saturated heterocycles. The lowest BCUT2D eigenvalue weighted by molar-refractivity contribution is 0.165. The Labute approximate surface area is 126 Å². The van der Waals surface area contributed by atoms with Crippen LogP contribution in [0.1, 0.15) is 30.4 Å². The first-order chi connectivity index (χ1) is 10.2. The number of hydrogen-bond acceptors (Lipinski definition) is 3. The summed E-state index contributed by atoms with van der Waals surface area (Å²) >= 11 is 0. The molecule has 0 heterocycles. The van der Waals surface area contributed by atoms with Crippen molar-refractivity contribution in [3.8, 4) is 18.1 Å². The van der Waals surface area contributed by atoms with Gasteiger partial charge in [0.05, 0.1) is 6.54 Å². The topological polar surface area (TPSA) is 41.6 Å². The van der Waals surface area contributed by atoms with Crippen molar-refractivity contribution < 1.29 is 9.53 Å². The third kappa shape index (κ3) is 3.77.